The van der Waals surface area contributed by atoms with E-state index in [2.05, 4.69) is 10.2 Å². The molecule has 1 aliphatic carbocycles. The van der Waals surface area contributed by atoms with Crippen LogP contribution in [0.3, 0.4) is 0 Å². The summed E-state index contributed by atoms with van der Waals surface area (Å²) < 4.78 is 5.47. The predicted octanol–water partition coefficient (Wildman–Crippen LogP) is 1.83. The van der Waals surface area contributed by atoms with Crippen LogP contribution in [0.2, 0.25) is 0 Å². The number of carbonyl (C=O) groups is 1. The number of hydrogen-bond acceptors (Lipinski definition) is 4. The van der Waals surface area contributed by atoms with E-state index in [-0.39, 0.29) is 18.1 Å². The van der Waals surface area contributed by atoms with Gasteiger partial charge in [0.2, 0.25) is 5.91 Å². The molecule has 1 saturated heterocycles. The number of hydrogen-bond donors (Lipinski definition) is 2. The molecular formula is C19H28N2O3. The highest BCUT2D eigenvalue weighted by atomic mass is 16.5. The van der Waals surface area contributed by atoms with Crippen LogP contribution in [0.4, 0.5) is 0 Å². The van der Waals surface area contributed by atoms with Crippen molar-refractivity contribution in [3.63, 3.8) is 0 Å². The van der Waals surface area contributed by atoms with Crippen LogP contribution in [0.1, 0.15) is 43.2 Å². The average Bonchev–Trinajstić information content (AvgIpc) is 3.10. The summed E-state index contributed by atoms with van der Waals surface area (Å²) in [6.07, 6.45) is 5.19. The van der Waals surface area contributed by atoms with Gasteiger partial charge in [-0.25, -0.2) is 0 Å². The lowest BCUT2D eigenvalue weighted by Crippen LogP contribution is -2.53. The summed E-state index contributed by atoms with van der Waals surface area (Å²) in [4.78, 5) is 15.1. The third-order valence-corrected chi connectivity index (χ3v) is 5.47. The molecule has 5 nitrogen and oxygen atoms in total. The second kappa shape index (κ2) is 8.10. The number of aliphatic hydroxyl groups is 1. The molecule has 0 unspecified atom stereocenters. The Morgan fingerprint density at radius 2 is 1.83 bits per heavy atom. The van der Waals surface area contributed by atoms with Crippen LogP contribution in [0, 0.1) is 0 Å². The third kappa shape index (κ3) is 3.97. The summed E-state index contributed by atoms with van der Waals surface area (Å²) in [6.45, 7) is 3.89. The Balaban J connectivity index is 1.59. The van der Waals surface area contributed by atoms with Gasteiger partial charge in [-0.1, -0.05) is 37.1 Å². The Morgan fingerprint density at radius 3 is 2.50 bits per heavy atom. The van der Waals surface area contributed by atoms with Crippen LogP contribution in [-0.4, -0.2) is 47.8 Å². The normalized spacial score (nSPS) is 20.9. The molecule has 0 spiro atoms. The summed E-state index contributed by atoms with van der Waals surface area (Å²) in [5.41, 5.74) is 1.88. The van der Waals surface area contributed by atoms with Crippen molar-refractivity contribution in [3.8, 4) is 0 Å². The van der Waals surface area contributed by atoms with Crippen molar-refractivity contribution in [3.05, 3.63) is 35.4 Å². The maximum atomic E-state index is 12.6. The molecule has 1 heterocycles. The zero-order chi connectivity index (χ0) is 16.8. The Labute approximate surface area is 144 Å². The molecule has 0 radical (unpaired) electrons. The molecule has 2 N–H and O–H groups in total. The molecule has 0 bridgehead atoms. The highest BCUT2D eigenvalue weighted by Gasteiger charge is 2.41. The molecule has 24 heavy (non-hydrogen) atoms. The van der Waals surface area contributed by atoms with E-state index in [4.69, 9.17) is 4.74 Å². The van der Waals surface area contributed by atoms with E-state index in [1.807, 2.05) is 24.3 Å². The van der Waals surface area contributed by atoms with Gasteiger partial charge < -0.3 is 15.2 Å². The van der Waals surface area contributed by atoms with Crippen LogP contribution < -0.4 is 5.32 Å². The number of benzene rings is 1. The Morgan fingerprint density at radius 1 is 1.17 bits per heavy atom. The molecule has 2 aliphatic rings. The first kappa shape index (κ1) is 17.4. The molecule has 1 amide bonds. The highest BCUT2D eigenvalue weighted by Crippen LogP contribution is 2.38. The number of nitrogens with zero attached hydrogens (tertiary/aromatic N) is 1. The van der Waals surface area contributed by atoms with Gasteiger partial charge >= 0.3 is 0 Å². The fourth-order valence-electron chi connectivity index (χ4n) is 4.11. The third-order valence-electron chi connectivity index (χ3n) is 5.47. The molecule has 132 valence electrons. The van der Waals surface area contributed by atoms with E-state index in [9.17, 15) is 9.90 Å². The van der Waals surface area contributed by atoms with Crippen molar-refractivity contribution in [1.82, 2.24) is 10.2 Å². The van der Waals surface area contributed by atoms with Crippen molar-refractivity contribution in [2.24, 2.45) is 0 Å². The number of carbonyl (C=O) groups excluding carboxylic acids is 1. The smallest absolute Gasteiger partial charge is 0.222 e. The van der Waals surface area contributed by atoms with Crippen molar-refractivity contribution in [2.45, 2.75) is 50.8 Å². The van der Waals surface area contributed by atoms with Gasteiger partial charge in [0.05, 0.1) is 19.8 Å². The summed E-state index contributed by atoms with van der Waals surface area (Å²) in [6, 6.07) is 7.70. The maximum absolute atomic E-state index is 12.6. The molecule has 1 aromatic carbocycles. The fraction of sp³-hybridized carbons (Fsp3) is 0.632. The number of aliphatic hydroxyl groups excluding tert-OH is 1. The first-order chi connectivity index (χ1) is 11.7. The molecule has 5 heteroatoms. The summed E-state index contributed by atoms with van der Waals surface area (Å²) >= 11 is 0. The Kier molecular flexibility index (Phi) is 5.87. The van der Waals surface area contributed by atoms with E-state index >= 15 is 0 Å². The maximum Gasteiger partial charge on any atom is 0.222 e. The van der Waals surface area contributed by atoms with Gasteiger partial charge in [0, 0.05) is 31.6 Å². The van der Waals surface area contributed by atoms with Gasteiger partial charge in [0.25, 0.3) is 0 Å². The molecule has 1 aromatic rings. The van der Waals surface area contributed by atoms with Crippen molar-refractivity contribution < 1.29 is 14.6 Å². The minimum absolute atomic E-state index is 0.00373. The van der Waals surface area contributed by atoms with Crippen LogP contribution >= 0.6 is 0 Å². The van der Waals surface area contributed by atoms with Crippen molar-refractivity contribution in [1.29, 1.82) is 0 Å². The minimum Gasteiger partial charge on any atom is -0.392 e. The number of nitrogens with one attached hydrogen (secondary N) is 1. The predicted molar refractivity (Wildman–Crippen MR) is 92.4 cm³/mol. The topological polar surface area (TPSA) is 61.8 Å². The van der Waals surface area contributed by atoms with Crippen molar-refractivity contribution in [2.75, 3.05) is 26.3 Å². The molecule has 0 atom stereocenters. The van der Waals surface area contributed by atoms with Gasteiger partial charge in [-0.15, -0.1) is 0 Å². The first-order valence-electron chi connectivity index (χ1n) is 9.01. The Hall–Kier alpha value is -1.43. The SMILES string of the molecule is O=C(CC1(N2CCOCC2)CCCC1)NCc1ccccc1CO. The van der Waals surface area contributed by atoms with E-state index in [1.165, 1.54) is 12.8 Å². The minimum atomic E-state index is 0.00373. The lowest BCUT2D eigenvalue weighted by atomic mass is 9.90. The standard InChI is InChI=1S/C19H28N2O3/c22-15-17-6-2-1-5-16(17)14-20-18(23)13-19(7-3-4-8-19)21-9-11-24-12-10-21/h1-2,5-6,22H,3-4,7-15H2,(H,20,23). The second-order valence-corrected chi connectivity index (χ2v) is 6.91. The van der Waals surface area contributed by atoms with Gasteiger partial charge in [0.15, 0.2) is 0 Å². The lowest BCUT2D eigenvalue weighted by Gasteiger charge is -2.43. The number of ether oxygens (including phenoxy) is 1. The van der Waals surface area contributed by atoms with Crippen LogP contribution in [0.15, 0.2) is 24.3 Å². The summed E-state index contributed by atoms with van der Waals surface area (Å²) in [5, 5.41) is 12.4. The number of amides is 1. The largest absolute Gasteiger partial charge is 0.392 e. The zero-order valence-electron chi connectivity index (χ0n) is 14.3. The second-order valence-electron chi connectivity index (χ2n) is 6.91. The molecule has 0 aromatic heterocycles. The average molecular weight is 332 g/mol. The quantitative estimate of drug-likeness (QED) is 0.834. The van der Waals surface area contributed by atoms with Crippen LogP contribution in [-0.2, 0) is 22.7 Å². The lowest BCUT2D eigenvalue weighted by molar-refractivity contribution is -0.125. The van der Waals surface area contributed by atoms with E-state index in [0.717, 1.165) is 50.3 Å². The monoisotopic (exact) mass is 332 g/mol. The van der Waals surface area contributed by atoms with Gasteiger partial charge in [-0.05, 0) is 24.0 Å². The molecule has 1 saturated carbocycles. The molecular weight excluding hydrogens is 304 g/mol. The van der Waals surface area contributed by atoms with Gasteiger partial charge in [0.1, 0.15) is 0 Å². The molecule has 2 fully saturated rings. The molecule has 1 aliphatic heterocycles. The van der Waals surface area contributed by atoms with Crippen LogP contribution in [0.25, 0.3) is 0 Å². The highest BCUT2D eigenvalue weighted by molar-refractivity contribution is 5.77. The summed E-state index contributed by atoms with van der Waals surface area (Å²) in [7, 11) is 0. The first-order valence-corrected chi connectivity index (χ1v) is 9.01. The van der Waals surface area contributed by atoms with Crippen molar-refractivity contribution >= 4 is 5.91 Å². The van der Waals surface area contributed by atoms with Gasteiger partial charge in [-0.2, -0.15) is 0 Å². The zero-order valence-corrected chi connectivity index (χ0v) is 14.3. The van der Waals surface area contributed by atoms with Crippen LogP contribution in [0.5, 0.6) is 0 Å². The Bertz CT molecular complexity index is 549. The number of rotatable bonds is 6. The molecule has 3 rings (SSSR count). The summed E-state index contributed by atoms with van der Waals surface area (Å²) in [5.74, 6) is 0.108. The number of morpholine rings is 1. The van der Waals surface area contributed by atoms with E-state index < -0.39 is 0 Å². The fourth-order valence-corrected chi connectivity index (χ4v) is 4.11. The van der Waals surface area contributed by atoms with E-state index in [1.54, 1.807) is 0 Å². The van der Waals surface area contributed by atoms with E-state index in [0.29, 0.717) is 13.0 Å². The van der Waals surface area contributed by atoms with Gasteiger partial charge in [-0.3, -0.25) is 9.69 Å².